The average molecular weight is 241 g/mol. The van der Waals surface area contributed by atoms with Crippen LogP contribution < -0.4 is 10.6 Å². The Morgan fingerprint density at radius 3 is 2.73 bits per heavy atom. The van der Waals surface area contributed by atoms with E-state index in [1.165, 1.54) is 20.3 Å². The highest BCUT2D eigenvalue weighted by Crippen LogP contribution is 2.42. The molecule has 0 amide bonds. The zero-order valence-electron chi connectivity index (χ0n) is 9.34. The molecule has 0 atom stereocenters. The van der Waals surface area contributed by atoms with Crippen LogP contribution in [0.2, 0.25) is 0 Å². The smallest absolute Gasteiger partial charge is 0.208 e. The number of fused-ring (bicyclic) bond motifs is 1. The molecule has 0 fully saturated rings. The fourth-order valence-electron chi connectivity index (χ4n) is 1.36. The molecule has 0 spiro atoms. The number of hydrogen-bond acceptors (Lipinski definition) is 5. The van der Waals surface area contributed by atoms with Gasteiger partial charge in [0.15, 0.2) is 0 Å². The Morgan fingerprint density at radius 2 is 2.07 bits per heavy atom. The molecule has 0 unspecified atom stereocenters. The molecule has 1 aliphatic rings. The zero-order valence-corrected chi connectivity index (χ0v) is 11.0. The summed E-state index contributed by atoms with van der Waals surface area (Å²) < 4.78 is 4.40. The van der Waals surface area contributed by atoms with Gasteiger partial charge < -0.3 is 10.6 Å². The standard InChI is InChI=1S/C10H15N3S2/c1-5(2)11-10-12-9-8(15-13-10)6(3)7(4)14-9/h5H,1-4H3,(H2,11,12,13). The van der Waals surface area contributed by atoms with E-state index in [1.807, 2.05) is 0 Å². The summed E-state index contributed by atoms with van der Waals surface area (Å²) in [4.78, 5) is 2.63. The summed E-state index contributed by atoms with van der Waals surface area (Å²) in [7, 11) is 0. The molecule has 0 radical (unpaired) electrons. The van der Waals surface area contributed by atoms with E-state index in [1.54, 1.807) is 23.3 Å². The fraction of sp³-hybridized carbons (Fsp3) is 0.500. The van der Waals surface area contributed by atoms with Crippen molar-refractivity contribution in [2.45, 2.75) is 38.6 Å². The van der Waals surface area contributed by atoms with Crippen molar-refractivity contribution < 1.29 is 0 Å². The van der Waals surface area contributed by atoms with Crippen LogP contribution in [0.1, 0.15) is 24.3 Å². The van der Waals surface area contributed by atoms with E-state index in [4.69, 9.17) is 0 Å². The van der Waals surface area contributed by atoms with Gasteiger partial charge in [-0.05, 0) is 33.3 Å². The lowest BCUT2D eigenvalue weighted by Crippen LogP contribution is -2.36. The van der Waals surface area contributed by atoms with E-state index in [-0.39, 0.29) is 0 Å². The van der Waals surface area contributed by atoms with Gasteiger partial charge in [-0.15, -0.1) is 11.3 Å². The first-order valence-electron chi connectivity index (χ1n) is 4.96. The number of nitrogens with zero attached hydrogens (tertiary/aromatic N) is 1. The second-order valence-electron chi connectivity index (χ2n) is 3.90. The van der Waals surface area contributed by atoms with Crippen LogP contribution in [0, 0.1) is 13.8 Å². The molecule has 0 bridgehead atoms. The number of thiophene rings is 1. The molecule has 3 nitrogen and oxygen atoms in total. The maximum atomic E-state index is 4.40. The van der Waals surface area contributed by atoms with Gasteiger partial charge in [-0.1, -0.05) is 0 Å². The number of hydrogen-bond donors (Lipinski definition) is 2. The first-order chi connectivity index (χ1) is 7.08. The molecule has 0 aromatic carbocycles. The first-order valence-corrected chi connectivity index (χ1v) is 6.55. The lowest BCUT2D eigenvalue weighted by Gasteiger charge is -2.17. The number of nitrogens with one attached hydrogen (secondary N) is 2. The van der Waals surface area contributed by atoms with Crippen molar-refractivity contribution in [2.24, 2.45) is 4.40 Å². The molecular formula is C10H15N3S2. The third kappa shape index (κ3) is 2.13. The van der Waals surface area contributed by atoms with Gasteiger partial charge in [0.1, 0.15) is 5.00 Å². The lowest BCUT2D eigenvalue weighted by molar-refractivity contribution is 0.733. The topological polar surface area (TPSA) is 36.4 Å². The third-order valence-electron chi connectivity index (χ3n) is 2.22. The third-order valence-corrected chi connectivity index (χ3v) is 4.43. The Labute approximate surface area is 98.5 Å². The zero-order chi connectivity index (χ0) is 11.0. The molecule has 0 saturated carbocycles. The normalized spacial score (nSPS) is 14.6. The number of aryl methyl sites for hydroxylation is 1. The molecule has 82 valence electrons. The highest BCUT2D eigenvalue weighted by atomic mass is 32.2. The average Bonchev–Trinajstić information content (AvgIpc) is 2.41. The SMILES string of the molecule is Cc1sc2c(c1C)SN=C(NC(C)C)N2. The van der Waals surface area contributed by atoms with E-state index >= 15 is 0 Å². The van der Waals surface area contributed by atoms with Gasteiger partial charge >= 0.3 is 0 Å². The van der Waals surface area contributed by atoms with E-state index < -0.39 is 0 Å². The van der Waals surface area contributed by atoms with Gasteiger partial charge in [-0.2, -0.15) is 4.40 Å². The monoisotopic (exact) mass is 241 g/mol. The van der Waals surface area contributed by atoms with Crippen molar-refractivity contribution in [3.05, 3.63) is 10.4 Å². The Kier molecular flexibility index (Phi) is 2.93. The number of anilines is 1. The highest BCUT2D eigenvalue weighted by molar-refractivity contribution is 7.98. The van der Waals surface area contributed by atoms with E-state index in [0.29, 0.717) is 6.04 Å². The molecule has 2 heterocycles. The Hall–Kier alpha value is -0.680. The summed E-state index contributed by atoms with van der Waals surface area (Å²) in [6.07, 6.45) is 0. The minimum absolute atomic E-state index is 0.403. The summed E-state index contributed by atoms with van der Waals surface area (Å²) in [5.41, 5.74) is 1.35. The number of rotatable bonds is 1. The van der Waals surface area contributed by atoms with Gasteiger partial charge in [0, 0.05) is 22.9 Å². The van der Waals surface area contributed by atoms with Gasteiger partial charge in [-0.3, -0.25) is 0 Å². The van der Waals surface area contributed by atoms with Crippen molar-refractivity contribution in [3.63, 3.8) is 0 Å². The molecule has 5 heteroatoms. The van der Waals surface area contributed by atoms with E-state index in [0.717, 1.165) is 5.96 Å². The highest BCUT2D eigenvalue weighted by Gasteiger charge is 2.19. The van der Waals surface area contributed by atoms with Gasteiger partial charge in [0.05, 0.1) is 4.90 Å². The van der Waals surface area contributed by atoms with Crippen LogP contribution in [0.25, 0.3) is 0 Å². The molecule has 0 saturated heterocycles. The van der Waals surface area contributed by atoms with E-state index in [2.05, 4.69) is 42.7 Å². The van der Waals surface area contributed by atoms with Crippen molar-refractivity contribution in [1.29, 1.82) is 0 Å². The van der Waals surface area contributed by atoms with Crippen LogP contribution >= 0.6 is 23.3 Å². The van der Waals surface area contributed by atoms with Gasteiger partial charge in [0.25, 0.3) is 0 Å². The van der Waals surface area contributed by atoms with Crippen LogP contribution in [-0.2, 0) is 0 Å². The maximum Gasteiger partial charge on any atom is 0.208 e. The van der Waals surface area contributed by atoms with Crippen molar-refractivity contribution >= 4 is 34.2 Å². The van der Waals surface area contributed by atoms with Gasteiger partial charge in [0.2, 0.25) is 5.96 Å². The van der Waals surface area contributed by atoms with Crippen molar-refractivity contribution in [1.82, 2.24) is 5.32 Å². The van der Waals surface area contributed by atoms with Crippen molar-refractivity contribution in [2.75, 3.05) is 5.32 Å². The van der Waals surface area contributed by atoms with Crippen LogP contribution in [0.15, 0.2) is 9.29 Å². The van der Waals surface area contributed by atoms with Crippen molar-refractivity contribution in [3.8, 4) is 0 Å². The molecule has 1 aromatic rings. The Balaban J connectivity index is 2.19. The number of guanidine groups is 1. The Bertz CT molecular complexity index is 407. The summed E-state index contributed by atoms with van der Waals surface area (Å²) in [6, 6.07) is 0.403. The minimum atomic E-state index is 0.403. The quantitative estimate of drug-likeness (QED) is 0.742. The summed E-state index contributed by atoms with van der Waals surface area (Å²) >= 11 is 3.35. The lowest BCUT2D eigenvalue weighted by atomic mass is 10.3. The molecule has 1 aromatic heterocycles. The first kappa shape index (κ1) is 10.8. The molecule has 1 aliphatic heterocycles. The molecule has 15 heavy (non-hydrogen) atoms. The minimum Gasteiger partial charge on any atom is -0.353 e. The second kappa shape index (κ2) is 4.06. The van der Waals surface area contributed by atoms with Crippen LogP contribution in [0.3, 0.4) is 0 Å². The molecule has 0 aliphatic carbocycles. The van der Waals surface area contributed by atoms with Crippen LogP contribution in [0.5, 0.6) is 0 Å². The van der Waals surface area contributed by atoms with Crippen LogP contribution in [-0.4, -0.2) is 12.0 Å². The summed E-state index contributed by atoms with van der Waals surface area (Å²) in [6.45, 7) is 8.51. The summed E-state index contributed by atoms with van der Waals surface area (Å²) in [5, 5.41) is 7.82. The molecule has 2 rings (SSSR count). The van der Waals surface area contributed by atoms with Gasteiger partial charge in [-0.25, -0.2) is 0 Å². The maximum absolute atomic E-state index is 4.40. The largest absolute Gasteiger partial charge is 0.353 e. The molecule has 2 N–H and O–H groups in total. The predicted molar refractivity (Wildman–Crippen MR) is 69.0 cm³/mol. The predicted octanol–water partition coefficient (Wildman–Crippen LogP) is 3.15. The van der Waals surface area contributed by atoms with E-state index in [9.17, 15) is 0 Å². The second-order valence-corrected chi connectivity index (χ2v) is 5.89. The fourth-order valence-corrected chi connectivity index (χ4v) is 3.32. The molecular weight excluding hydrogens is 226 g/mol. The summed E-state index contributed by atoms with van der Waals surface area (Å²) in [5.74, 6) is 0.865. The van der Waals surface area contributed by atoms with Crippen LogP contribution in [0.4, 0.5) is 5.00 Å². The Morgan fingerprint density at radius 1 is 1.33 bits per heavy atom.